The van der Waals surface area contributed by atoms with Crippen molar-refractivity contribution in [2.24, 2.45) is 0 Å². The lowest BCUT2D eigenvalue weighted by molar-refractivity contribution is -0.146. The van der Waals surface area contributed by atoms with Crippen LogP contribution in [0.5, 0.6) is 5.75 Å². The standard InChI is InChI=1S/C21H23NO7/c1-4-6-8-10-18(23)27-13-16-12-22-15(3)20(29-21(25)26)17(16)14-28-19(24)11-9-7-5-2/h1-2,12H,6-11,13-14H2,3H3,(H,25,26). The predicted molar refractivity (Wildman–Crippen MR) is 103 cm³/mol. The van der Waals surface area contributed by atoms with Crippen LogP contribution in [0.2, 0.25) is 0 Å². The molecule has 1 aromatic rings. The highest BCUT2D eigenvalue weighted by Gasteiger charge is 2.19. The summed E-state index contributed by atoms with van der Waals surface area (Å²) in [6.07, 6.45) is 12.3. The number of nitrogens with zero attached hydrogens (tertiary/aromatic N) is 1. The Morgan fingerprint density at radius 1 is 1.03 bits per heavy atom. The number of hydrogen-bond donors (Lipinski definition) is 1. The molecular formula is C21H23NO7. The summed E-state index contributed by atoms with van der Waals surface area (Å²) < 4.78 is 15.2. The number of carbonyl (C=O) groups is 3. The number of terminal acetylenes is 2. The predicted octanol–water partition coefficient (Wildman–Crippen LogP) is 3.14. The van der Waals surface area contributed by atoms with Gasteiger partial charge >= 0.3 is 18.1 Å². The zero-order valence-corrected chi connectivity index (χ0v) is 16.2. The van der Waals surface area contributed by atoms with Crippen molar-refractivity contribution < 1.29 is 33.7 Å². The summed E-state index contributed by atoms with van der Waals surface area (Å²) in [5.74, 6) is 3.85. The Morgan fingerprint density at radius 3 is 2.10 bits per heavy atom. The highest BCUT2D eigenvalue weighted by molar-refractivity contribution is 5.70. The number of esters is 2. The maximum Gasteiger partial charge on any atom is 0.511 e. The zero-order valence-electron chi connectivity index (χ0n) is 16.2. The SMILES string of the molecule is C#CCCCC(=O)OCc1cnc(C)c(OC(=O)O)c1COC(=O)CCCC#C. The van der Waals surface area contributed by atoms with Crippen molar-refractivity contribution in [1.29, 1.82) is 0 Å². The molecule has 29 heavy (non-hydrogen) atoms. The first-order valence-electron chi connectivity index (χ1n) is 8.95. The van der Waals surface area contributed by atoms with Crippen LogP contribution in [0.4, 0.5) is 4.79 Å². The van der Waals surface area contributed by atoms with Gasteiger partial charge in [-0.15, -0.1) is 24.7 Å². The lowest BCUT2D eigenvalue weighted by atomic mass is 10.1. The van der Waals surface area contributed by atoms with Crippen LogP contribution < -0.4 is 4.74 Å². The van der Waals surface area contributed by atoms with Crippen LogP contribution in [0.15, 0.2) is 6.20 Å². The van der Waals surface area contributed by atoms with Crippen molar-refractivity contribution >= 4 is 18.1 Å². The average Bonchev–Trinajstić information content (AvgIpc) is 2.67. The summed E-state index contributed by atoms with van der Waals surface area (Å²) in [6, 6.07) is 0. The van der Waals surface area contributed by atoms with Crippen LogP contribution in [0.3, 0.4) is 0 Å². The number of unbranched alkanes of at least 4 members (excludes halogenated alkanes) is 2. The van der Waals surface area contributed by atoms with Gasteiger partial charge in [0.05, 0.1) is 5.69 Å². The van der Waals surface area contributed by atoms with E-state index in [-0.39, 0.29) is 43.1 Å². The second-order valence-corrected chi connectivity index (χ2v) is 5.98. The maximum atomic E-state index is 11.9. The molecule has 0 radical (unpaired) electrons. The second-order valence-electron chi connectivity index (χ2n) is 5.98. The number of aryl methyl sites for hydroxylation is 1. The molecule has 0 unspecified atom stereocenters. The second kappa shape index (κ2) is 12.8. The van der Waals surface area contributed by atoms with Crippen molar-refractivity contribution in [2.75, 3.05) is 0 Å². The summed E-state index contributed by atoms with van der Waals surface area (Å²) in [5, 5.41) is 8.99. The first kappa shape index (κ1) is 23.5. The molecule has 1 N–H and O–H groups in total. The monoisotopic (exact) mass is 401 g/mol. The number of carbonyl (C=O) groups excluding carboxylic acids is 2. The van der Waals surface area contributed by atoms with Crippen LogP contribution in [-0.2, 0) is 32.3 Å². The van der Waals surface area contributed by atoms with Crippen LogP contribution in [0, 0.1) is 31.6 Å². The smallest absolute Gasteiger partial charge is 0.461 e. The van der Waals surface area contributed by atoms with E-state index in [9.17, 15) is 14.4 Å². The molecule has 8 heteroatoms. The van der Waals surface area contributed by atoms with E-state index < -0.39 is 18.1 Å². The van der Waals surface area contributed by atoms with Gasteiger partial charge in [-0.3, -0.25) is 14.6 Å². The van der Waals surface area contributed by atoms with Crippen molar-refractivity contribution in [3.8, 4) is 30.4 Å². The van der Waals surface area contributed by atoms with E-state index in [0.29, 0.717) is 31.2 Å². The van der Waals surface area contributed by atoms with Crippen molar-refractivity contribution in [1.82, 2.24) is 4.98 Å². The van der Waals surface area contributed by atoms with Gasteiger partial charge in [0, 0.05) is 43.0 Å². The fourth-order valence-electron chi connectivity index (χ4n) is 2.31. The highest BCUT2D eigenvalue weighted by atomic mass is 16.7. The first-order chi connectivity index (χ1) is 13.9. The molecule has 1 aromatic heterocycles. The molecule has 0 amide bonds. The topological polar surface area (TPSA) is 112 Å². The lowest BCUT2D eigenvalue weighted by Gasteiger charge is -2.15. The largest absolute Gasteiger partial charge is 0.511 e. The Morgan fingerprint density at radius 2 is 1.59 bits per heavy atom. The summed E-state index contributed by atoms with van der Waals surface area (Å²) in [6.45, 7) is 1.11. The minimum Gasteiger partial charge on any atom is -0.461 e. The minimum atomic E-state index is -1.54. The maximum absolute atomic E-state index is 11.9. The van der Waals surface area contributed by atoms with Gasteiger partial charge in [-0.05, 0) is 19.8 Å². The van der Waals surface area contributed by atoms with Gasteiger partial charge < -0.3 is 19.3 Å². The van der Waals surface area contributed by atoms with E-state index in [1.54, 1.807) is 6.92 Å². The summed E-state index contributed by atoms with van der Waals surface area (Å²) in [4.78, 5) is 38.8. The first-order valence-corrected chi connectivity index (χ1v) is 8.95. The fourth-order valence-corrected chi connectivity index (χ4v) is 2.31. The minimum absolute atomic E-state index is 0.0604. The molecule has 0 saturated carbocycles. The Bertz CT molecular complexity index is 818. The molecule has 1 heterocycles. The molecule has 0 spiro atoms. The Hall–Kier alpha value is -3.52. The van der Waals surface area contributed by atoms with Gasteiger partial charge in [-0.1, -0.05) is 0 Å². The number of carboxylic acid groups (broad SMARTS) is 1. The fraction of sp³-hybridized carbons (Fsp3) is 0.429. The number of pyridine rings is 1. The third-order valence-corrected chi connectivity index (χ3v) is 3.76. The van der Waals surface area contributed by atoms with Crippen LogP contribution >= 0.6 is 0 Å². The Balaban J connectivity index is 2.92. The normalized spacial score (nSPS) is 9.76. The number of hydrogen-bond acceptors (Lipinski definition) is 7. The van der Waals surface area contributed by atoms with Gasteiger partial charge in [0.15, 0.2) is 5.75 Å². The van der Waals surface area contributed by atoms with E-state index in [1.807, 2.05) is 0 Å². The number of aromatic nitrogens is 1. The van der Waals surface area contributed by atoms with Gasteiger partial charge in [0.25, 0.3) is 0 Å². The molecule has 0 atom stereocenters. The molecular weight excluding hydrogens is 378 g/mol. The zero-order chi connectivity index (χ0) is 21.6. The van der Waals surface area contributed by atoms with Crippen LogP contribution in [0.1, 0.15) is 55.3 Å². The third-order valence-electron chi connectivity index (χ3n) is 3.76. The van der Waals surface area contributed by atoms with Crippen molar-refractivity contribution in [3.63, 3.8) is 0 Å². The van der Waals surface area contributed by atoms with Gasteiger partial charge in [-0.2, -0.15) is 0 Å². The lowest BCUT2D eigenvalue weighted by Crippen LogP contribution is -2.14. The summed E-state index contributed by atoms with van der Waals surface area (Å²) >= 11 is 0. The highest BCUT2D eigenvalue weighted by Crippen LogP contribution is 2.27. The molecule has 0 fully saturated rings. The Labute approximate surface area is 169 Å². The van der Waals surface area contributed by atoms with E-state index in [1.165, 1.54) is 6.20 Å². The van der Waals surface area contributed by atoms with Gasteiger partial charge in [0.1, 0.15) is 13.2 Å². The van der Waals surface area contributed by atoms with Gasteiger partial charge in [-0.25, -0.2) is 4.79 Å². The molecule has 0 aliphatic heterocycles. The Kier molecular flexibility index (Phi) is 10.4. The van der Waals surface area contributed by atoms with E-state index in [4.69, 9.17) is 32.2 Å². The number of rotatable bonds is 11. The summed E-state index contributed by atoms with van der Waals surface area (Å²) in [5.41, 5.74) is 0.921. The summed E-state index contributed by atoms with van der Waals surface area (Å²) in [7, 11) is 0. The van der Waals surface area contributed by atoms with Crippen molar-refractivity contribution in [3.05, 3.63) is 23.0 Å². The van der Waals surface area contributed by atoms with E-state index in [2.05, 4.69) is 16.8 Å². The number of ether oxygens (including phenoxy) is 3. The molecule has 0 bridgehead atoms. The van der Waals surface area contributed by atoms with Crippen LogP contribution in [-0.4, -0.2) is 28.2 Å². The molecule has 1 rings (SSSR count). The molecule has 0 aliphatic rings. The average molecular weight is 401 g/mol. The molecule has 8 nitrogen and oxygen atoms in total. The van der Waals surface area contributed by atoms with Crippen molar-refractivity contribution in [2.45, 2.75) is 58.7 Å². The third kappa shape index (κ3) is 8.81. The molecule has 154 valence electrons. The van der Waals surface area contributed by atoms with Gasteiger partial charge in [0.2, 0.25) is 0 Å². The van der Waals surface area contributed by atoms with E-state index in [0.717, 1.165) is 0 Å². The molecule has 0 aromatic carbocycles. The quantitative estimate of drug-likeness (QED) is 0.342. The molecule has 0 saturated heterocycles. The van der Waals surface area contributed by atoms with E-state index >= 15 is 0 Å². The molecule has 0 aliphatic carbocycles. The van der Waals surface area contributed by atoms with Crippen LogP contribution in [0.25, 0.3) is 0 Å².